The Bertz CT molecular complexity index is 1440. The number of rotatable bonds is 15. The lowest BCUT2D eigenvalue weighted by atomic mass is 9.85. The van der Waals surface area contributed by atoms with Crippen molar-refractivity contribution in [3.05, 3.63) is 106 Å². The smallest absolute Gasteiger partial charge is 0.335 e. The summed E-state index contributed by atoms with van der Waals surface area (Å²) in [6.45, 7) is 2.10. The Morgan fingerprint density at radius 3 is 2.44 bits per heavy atom. The summed E-state index contributed by atoms with van der Waals surface area (Å²) in [7, 11) is 0. The highest BCUT2D eigenvalue weighted by Gasteiger charge is 2.27. The monoisotopic (exact) mass is 609 g/mol. The van der Waals surface area contributed by atoms with Crippen LogP contribution in [0.15, 0.2) is 72.8 Å². The van der Waals surface area contributed by atoms with Gasteiger partial charge in [0.25, 0.3) is 0 Å². The van der Waals surface area contributed by atoms with E-state index >= 15 is 0 Å². The molecule has 2 aliphatic rings. The Balaban J connectivity index is 1.23. The van der Waals surface area contributed by atoms with E-state index in [9.17, 15) is 14.7 Å². The van der Waals surface area contributed by atoms with E-state index in [2.05, 4.69) is 53.5 Å². The van der Waals surface area contributed by atoms with Crippen LogP contribution in [-0.4, -0.2) is 40.1 Å². The molecule has 0 heterocycles. The number of unbranched alkanes of at least 4 members (excludes halogenated alkanes) is 1. The van der Waals surface area contributed by atoms with Gasteiger partial charge in [-0.2, -0.15) is 0 Å². The number of carbonyl (C=O) groups is 2. The SMILES string of the molecule is O=C(O)CCCCN(CCc1ccccc1OCc1ccc(/C=C/C2CCCCC2)cc1)C1CCCc2cc(C(=O)O)ccc21. The zero-order valence-electron chi connectivity index (χ0n) is 26.3. The number of ether oxygens (including phenoxy) is 1. The van der Waals surface area contributed by atoms with Crippen LogP contribution in [0.3, 0.4) is 0 Å². The maximum absolute atomic E-state index is 11.6. The van der Waals surface area contributed by atoms with Crippen molar-refractivity contribution < 1.29 is 24.5 Å². The predicted octanol–water partition coefficient (Wildman–Crippen LogP) is 8.73. The van der Waals surface area contributed by atoms with Gasteiger partial charge in [-0.25, -0.2) is 4.79 Å². The Morgan fingerprint density at radius 2 is 1.67 bits per heavy atom. The van der Waals surface area contributed by atoms with E-state index in [1.165, 1.54) is 43.2 Å². The van der Waals surface area contributed by atoms with Crippen LogP contribution in [0.2, 0.25) is 0 Å². The van der Waals surface area contributed by atoms with Crippen LogP contribution in [-0.2, 0) is 24.2 Å². The number of hydrogen-bond acceptors (Lipinski definition) is 4. The summed E-state index contributed by atoms with van der Waals surface area (Å²) in [6.07, 6.45) is 16.6. The van der Waals surface area contributed by atoms with Crippen LogP contribution in [0.1, 0.15) is 108 Å². The van der Waals surface area contributed by atoms with Crippen molar-refractivity contribution in [3.63, 3.8) is 0 Å². The second kappa shape index (κ2) is 16.4. The number of para-hydroxylation sites is 1. The first-order valence-corrected chi connectivity index (χ1v) is 16.8. The van der Waals surface area contributed by atoms with Gasteiger partial charge in [0.05, 0.1) is 5.56 Å². The molecule has 0 bridgehead atoms. The molecule has 3 aromatic rings. The van der Waals surface area contributed by atoms with Crippen molar-refractivity contribution in [1.29, 1.82) is 0 Å². The van der Waals surface area contributed by atoms with Gasteiger partial charge in [0.1, 0.15) is 12.4 Å². The largest absolute Gasteiger partial charge is 0.489 e. The van der Waals surface area contributed by atoms with E-state index in [4.69, 9.17) is 9.84 Å². The summed E-state index contributed by atoms with van der Waals surface area (Å²) in [5, 5.41) is 18.7. The molecular weight excluding hydrogens is 562 g/mol. The molecule has 5 rings (SSSR count). The first-order chi connectivity index (χ1) is 22.0. The summed E-state index contributed by atoms with van der Waals surface area (Å²) in [5.74, 6) is -0.0526. The molecule has 45 heavy (non-hydrogen) atoms. The second-order valence-corrected chi connectivity index (χ2v) is 12.7. The first kappa shape index (κ1) is 32.5. The highest BCUT2D eigenvalue weighted by Crippen LogP contribution is 2.36. The lowest BCUT2D eigenvalue weighted by molar-refractivity contribution is -0.137. The molecule has 0 amide bonds. The number of allylic oxidation sites excluding steroid dienone is 1. The fourth-order valence-electron chi connectivity index (χ4n) is 6.89. The molecule has 3 aromatic carbocycles. The van der Waals surface area contributed by atoms with E-state index in [1.807, 2.05) is 24.3 Å². The number of aliphatic carboxylic acids is 1. The molecule has 1 atom stereocenters. The van der Waals surface area contributed by atoms with Crippen LogP contribution < -0.4 is 4.74 Å². The summed E-state index contributed by atoms with van der Waals surface area (Å²) in [5.41, 5.74) is 6.17. The van der Waals surface area contributed by atoms with Crippen molar-refractivity contribution in [2.45, 2.75) is 89.7 Å². The molecule has 1 saturated carbocycles. The lowest BCUT2D eigenvalue weighted by Crippen LogP contribution is -2.34. The van der Waals surface area contributed by atoms with E-state index < -0.39 is 11.9 Å². The summed E-state index contributed by atoms with van der Waals surface area (Å²) >= 11 is 0. The summed E-state index contributed by atoms with van der Waals surface area (Å²) < 4.78 is 6.36. The van der Waals surface area contributed by atoms with Gasteiger partial charge in [-0.3, -0.25) is 9.69 Å². The zero-order chi connectivity index (χ0) is 31.4. The molecule has 0 aliphatic heterocycles. The summed E-state index contributed by atoms with van der Waals surface area (Å²) in [4.78, 5) is 25.2. The van der Waals surface area contributed by atoms with Crippen molar-refractivity contribution in [3.8, 4) is 5.75 Å². The number of benzene rings is 3. The molecule has 1 unspecified atom stereocenters. The van der Waals surface area contributed by atoms with Gasteiger partial charge in [0.2, 0.25) is 0 Å². The number of carboxylic acid groups (broad SMARTS) is 2. The fourth-order valence-corrected chi connectivity index (χ4v) is 6.89. The lowest BCUT2D eigenvalue weighted by Gasteiger charge is -2.36. The Labute approximate surface area is 267 Å². The van der Waals surface area contributed by atoms with Crippen molar-refractivity contribution in [2.75, 3.05) is 13.1 Å². The maximum Gasteiger partial charge on any atom is 0.335 e. The third-order valence-corrected chi connectivity index (χ3v) is 9.43. The van der Waals surface area contributed by atoms with E-state index in [-0.39, 0.29) is 12.5 Å². The van der Waals surface area contributed by atoms with Crippen LogP contribution in [0.4, 0.5) is 0 Å². The molecule has 6 nitrogen and oxygen atoms in total. The van der Waals surface area contributed by atoms with E-state index in [1.54, 1.807) is 6.07 Å². The van der Waals surface area contributed by atoms with E-state index in [0.717, 1.165) is 73.6 Å². The minimum absolute atomic E-state index is 0.172. The van der Waals surface area contributed by atoms with Gasteiger partial charge in [0.15, 0.2) is 0 Å². The Hall–Kier alpha value is -3.90. The Morgan fingerprint density at radius 1 is 0.867 bits per heavy atom. The van der Waals surface area contributed by atoms with Gasteiger partial charge in [-0.1, -0.05) is 79.9 Å². The second-order valence-electron chi connectivity index (χ2n) is 12.7. The molecule has 0 saturated heterocycles. The van der Waals surface area contributed by atoms with Gasteiger partial charge < -0.3 is 14.9 Å². The highest BCUT2D eigenvalue weighted by atomic mass is 16.5. The average molecular weight is 610 g/mol. The standard InChI is InChI=1S/C39H47NO5/c41-38(42)15-6-7-25-40(36-13-8-12-33-27-34(39(43)44)22-23-35(33)36)26-24-32-11-4-5-14-37(32)45-28-31-20-18-30(19-21-31)17-16-29-9-2-1-3-10-29/h4-5,11,14,16-23,27,29,36H,1-3,6-10,12-13,15,24-26,28H2,(H,41,42)(H,43,44)/b17-16+. The van der Waals surface area contributed by atoms with Gasteiger partial charge >= 0.3 is 11.9 Å². The van der Waals surface area contributed by atoms with Crippen LogP contribution >= 0.6 is 0 Å². The molecule has 0 spiro atoms. The molecule has 6 heteroatoms. The number of aromatic carboxylic acids is 1. The topological polar surface area (TPSA) is 87.1 Å². The third-order valence-electron chi connectivity index (χ3n) is 9.43. The van der Waals surface area contributed by atoms with Gasteiger partial charge in [-0.15, -0.1) is 0 Å². The molecule has 238 valence electrons. The number of fused-ring (bicyclic) bond motifs is 1. The van der Waals surface area contributed by atoms with Crippen LogP contribution in [0.25, 0.3) is 6.08 Å². The Kier molecular flexibility index (Phi) is 11.9. The van der Waals surface area contributed by atoms with E-state index in [0.29, 0.717) is 18.6 Å². The molecule has 2 aliphatic carbocycles. The van der Waals surface area contributed by atoms with Crippen molar-refractivity contribution in [1.82, 2.24) is 4.90 Å². The van der Waals surface area contributed by atoms with Crippen molar-refractivity contribution in [2.24, 2.45) is 5.92 Å². The van der Waals surface area contributed by atoms with Crippen molar-refractivity contribution >= 4 is 18.0 Å². The molecule has 0 radical (unpaired) electrons. The quantitative estimate of drug-likeness (QED) is 0.168. The minimum atomic E-state index is -0.899. The summed E-state index contributed by atoms with van der Waals surface area (Å²) in [6, 6.07) is 22.6. The molecule has 0 aromatic heterocycles. The van der Waals surface area contributed by atoms with Crippen LogP contribution in [0.5, 0.6) is 5.75 Å². The zero-order valence-corrected chi connectivity index (χ0v) is 26.3. The maximum atomic E-state index is 11.6. The molecule has 1 fully saturated rings. The minimum Gasteiger partial charge on any atom is -0.489 e. The normalized spacial score (nSPS) is 17.0. The predicted molar refractivity (Wildman–Crippen MR) is 179 cm³/mol. The number of carboxylic acids is 2. The average Bonchev–Trinajstić information content (AvgIpc) is 3.07. The fraction of sp³-hybridized carbons (Fsp3) is 0.436. The molecular formula is C39H47NO5. The number of aryl methyl sites for hydroxylation is 1. The highest BCUT2D eigenvalue weighted by molar-refractivity contribution is 5.88. The van der Waals surface area contributed by atoms with Crippen LogP contribution in [0, 0.1) is 5.92 Å². The first-order valence-electron chi connectivity index (χ1n) is 16.8. The third kappa shape index (κ3) is 9.54. The molecule has 2 N–H and O–H groups in total. The van der Waals surface area contributed by atoms with Gasteiger partial charge in [0, 0.05) is 19.0 Å². The number of hydrogen-bond donors (Lipinski definition) is 2. The number of nitrogens with zero attached hydrogens (tertiary/aromatic N) is 1. The van der Waals surface area contributed by atoms with Gasteiger partial charge in [-0.05, 0) is 110 Å².